The highest BCUT2D eigenvalue weighted by Crippen LogP contribution is 2.30. The van der Waals surface area contributed by atoms with Crippen molar-refractivity contribution < 1.29 is 0 Å². The van der Waals surface area contributed by atoms with Gasteiger partial charge in [0.15, 0.2) is 5.15 Å². The van der Waals surface area contributed by atoms with E-state index in [1.807, 2.05) is 12.1 Å². The van der Waals surface area contributed by atoms with E-state index in [1.54, 1.807) is 6.07 Å². The van der Waals surface area contributed by atoms with Crippen molar-refractivity contribution in [3.63, 3.8) is 0 Å². The van der Waals surface area contributed by atoms with Gasteiger partial charge in [-0.3, -0.25) is 0 Å². The Morgan fingerprint density at radius 2 is 1.93 bits per heavy atom. The highest BCUT2D eigenvalue weighted by Gasteiger charge is 2.05. The summed E-state index contributed by atoms with van der Waals surface area (Å²) in [5.41, 5.74) is 6.96. The molecule has 1 heterocycles. The highest BCUT2D eigenvalue weighted by atomic mass is 79.9. The predicted octanol–water partition coefficient (Wildman–Crippen LogP) is 4.00. The number of benzene rings is 1. The minimum Gasteiger partial charge on any atom is -0.396 e. The fourth-order valence-corrected chi connectivity index (χ4v) is 2.69. The zero-order valence-electron chi connectivity index (χ0n) is 6.89. The smallest absolute Gasteiger partial charge is 0.152 e. The summed E-state index contributed by atoms with van der Waals surface area (Å²) < 4.78 is 1.86. The van der Waals surface area contributed by atoms with Crippen LogP contribution >= 0.6 is 43.5 Å². The molecule has 2 N–H and O–H groups in total. The number of pyridine rings is 1. The van der Waals surface area contributed by atoms with Gasteiger partial charge in [-0.05, 0) is 34.1 Å². The van der Waals surface area contributed by atoms with Gasteiger partial charge in [0, 0.05) is 14.3 Å². The molecular weight excluding hydrogens is 331 g/mol. The Bertz CT molecular complexity index is 514. The molecule has 0 saturated heterocycles. The first-order chi connectivity index (χ1) is 6.58. The fourth-order valence-electron chi connectivity index (χ4n) is 1.20. The number of rotatable bonds is 0. The number of hydrogen-bond donors (Lipinski definition) is 1. The van der Waals surface area contributed by atoms with E-state index in [-0.39, 0.29) is 0 Å². The second kappa shape index (κ2) is 3.68. The van der Waals surface area contributed by atoms with Gasteiger partial charge in [0.1, 0.15) is 0 Å². The molecule has 0 atom stereocenters. The van der Waals surface area contributed by atoms with Gasteiger partial charge in [-0.15, -0.1) is 0 Å². The number of nitrogens with zero attached hydrogens (tertiary/aromatic N) is 1. The van der Waals surface area contributed by atoms with E-state index in [1.165, 1.54) is 0 Å². The zero-order valence-corrected chi connectivity index (χ0v) is 10.8. The number of hydrogen-bond acceptors (Lipinski definition) is 2. The third-order valence-corrected chi connectivity index (χ3v) is 3.18. The van der Waals surface area contributed by atoms with Gasteiger partial charge < -0.3 is 5.73 Å². The van der Waals surface area contributed by atoms with Crippen LogP contribution in [0.3, 0.4) is 0 Å². The molecule has 1 aromatic heterocycles. The topological polar surface area (TPSA) is 38.9 Å². The normalized spacial score (nSPS) is 10.8. The summed E-state index contributed by atoms with van der Waals surface area (Å²) in [6, 6.07) is 5.67. The van der Waals surface area contributed by atoms with Gasteiger partial charge in [0.05, 0.1) is 11.2 Å². The van der Waals surface area contributed by atoms with Crippen LogP contribution in [0.15, 0.2) is 27.1 Å². The lowest BCUT2D eigenvalue weighted by Gasteiger charge is -2.04. The molecule has 0 bridgehead atoms. The average molecular weight is 336 g/mol. The fraction of sp³-hybridized carbons (Fsp3) is 0. The molecule has 72 valence electrons. The molecule has 14 heavy (non-hydrogen) atoms. The zero-order chi connectivity index (χ0) is 10.3. The van der Waals surface area contributed by atoms with E-state index in [2.05, 4.69) is 36.8 Å². The maximum atomic E-state index is 5.83. The maximum absolute atomic E-state index is 5.83. The van der Waals surface area contributed by atoms with Crippen LogP contribution in [0.1, 0.15) is 0 Å². The molecule has 2 nitrogen and oxygen atoms in total. The van der Waals surface area contributed by atoms with Crippen LogP contribution in [0.4, 0.5) is 5.69 Å². The quantitative estimate of drug-likeness (QED) is 0.739. The average Bonchev–Trinajstić information content (AvgIpc) is 2.08. The van der Waals surface area contributed by atoms with Gasteiger partial charge in [0.25, 0.3) is 0 Å². The minimum atomic E-state index is 0.334. The SMILES string of the molecule is Nc1cc2cc(Br)cc(Br)c2nc1Cl. The van der Waals surface area contributed by atoms with Crippen molar-refractivity contribution in [2.75, 3.05) is 5.73 Å². The van der Waals surface area contributed by atoms with Gasteiger partial charge in [0.2, 0.25) is 0 Å². The van der Waals surface area contributed by atoms with Crippen LogP contribution in [0.25, 0.3) is 10.9 Å². The van der Waals surface area contributed by atoms with Gasteiger partial charge in [-0.2, -0.15) is 0 Å². The molecule has 0 radical (unpaired) electrons. The summed E-state index contributed by atoms with van der Waals surface area (Å²) in [6.07, 6.45) is 0. The first kappa shape index (κ1) is 10.2. The van der Waals surface area contributed by atoms with Crippen molar-refractivity contribution in [3.05, 3.63) is 32.3 Å². The first-order valence-electron chi connectivity index (χ1n) is 3.78. The van der Waals surface area contributed by atoms with Gasteiger partial charge in [-0.1, -0.05) is 27.5 Å². The first-order valence-corrected chi connectivity index (χ1v) is 5.75. The third kappa shape index (κ3) is 1.74. The highest BCUT2D eigenvalue weighted by molar-refractivity contribution is 9.11. The molecule has 2 aromatic rings. The summed E-state index contributed by atoms with van der Waals surface area (Å²) in [5.74, 6) is 0. The maximum Gasteiger partial charge on any atom is 0.152 e. The van der Waals surface area contributed by atoms with E-state index in [4.69, 9.17) is 17.3 Å². The number of aromatic nitrogens is 1. The van der Waals surface area contributed by atoms with Crippen molar-refractivity contribution in [1.82, 2.24) is 4.98 Å². The van der Waals surface area contributed by atoms with Crippen molar-refractivity contribution in [3.8, 4) is 0 Å². The molecule has 0 unspecified atom stereocenters. The van der Waals surface area contributed by atoms with Crippen molar-refractivity contribution in [2.45, 2.75) is 0 Å². The predicted molar refractivity (Wildman–Crippen MR) is 66.6 cm³/mol. The summed E-state index contributed by atoms with van der Waals surface area (Å²) in [6.45, 7) is 0. The van der Waals surface area contributed by atoms with Crippen LogP contribution in [-0.2, 0) is 0 Å². The van der Waals surface area contributed by atoms with Crippen LogP contribution in [0.2, 0.25) is 5.15 Å². The van der Waals surface area contributed by atoms with Crippen LogP contribution in [-0.4, -0.2) is 4.98 Å². The van der Waals surface area contributed by atoms with Crippen molar-refractivity contribution in [2.24, 2.45) is 0 Å². The van der Waals surface area contributed by atoms with Crippen molar-refractivity contribution >= 4 is 60.1 Å². The lowest BCUT2D eigenvalue weighted by atomic mass is 10.2. The Labute approximate surface area is 103 Å². The molecule has 0 fully saturated rings. The Morgan fingerprint density at radius 1 is 1.21 bits per heavy atom. The molecule has 0 aliphatic rings. The van der Waals surface area contributed by atoms with Crippen LogP contribution < -0.4 is 5.73 Å². The lowest BCUT2D eigenvalue weighted by molar-refractivity contribution is 1.40. The largest absolute Gasteiger partial charge is 0.396 e. The molecule has 5 heteroatoms. The summed E-state index contributed by atoms with van der Waals surface area (Å²) in [7, 11) is 0. The Hall–Kier alpha value is -0.320. The minimum absolute atomic E-state index is 0.334. The number of nitrogens with two attached hydrogens (primary N) is 1. The summed E-state index contributed by atoms with van der Waals surface area (Å²) in [4.78, 5) is 4.19. The third-order valence-electron chi connectivity index (χ3n) is 1.82. The molecule has 1 aromatic carbocycles. The molecule has 0 aliphatic heterocycles. The van der Waals surface area contributed by atoms with Gasteiger partial charge in [-0.25, -0.2) is 4.98 Å². The second-order valence-electron chi connectivity index (χ2n) is 2.83. The van der Waals surface area contributed by atoms with Crippen LogP contribution in [0.5, 0.6) is 0 Å². The van der Waals surface area contributed by atoms with Crippen LogP contribution in [0, 0.1) is 0 Å². The molecule has 0 amide bonds. The Kier molecular flexibility index (Phi) is 2.68. The van der Waals surface area contributed by atoms with E-state index < -0.39 is 0 Å². The Balaban J connectivity index is 2.89. The Morgan fingerprint density at radius 3 is 2.64 bits per heavy atom. The summed E-state index contributed by atoms with van der Waals surface area (Å²) >= 11 is 12.6. The molecule has 0 saturated carbocycles. The monoisotopic (exact) mass is 334 g/mol. The number of nitrogen functional groups attached to an aromatic ring is 1. The molecular formula is C9H5Br2ClN2. The number of fused-ring (bicyclic) bond motifs is 1. The number of halogens is 3. The van der Waals surface area contributed by atoms with E-state index in [0.29, 0.717) is 10.8 Å². The lowest BCUT2D eigenvalue weighted by Crippen LogP contribution is -1.90. The standard InChI is InChI=1S/C9H5Br2ClN2/c10-5-1-4-2-7(13)9(12)14-8(4)6(11)3-5/h1-3H,13H2. The summed E-state index contributed by atoms with van der Waals surface area (Å²) in [5, 5.41) is 1.29. The van der Waals surface area contributed by atoms with E-state index in [9.17, 15) is 0 Å². The van der Waals surface area contributed by atoms with E-state index >= 15 is 0 Å². The number of anilines is 1. The van der Waals surface area contributed by atoms with Crippen molar-refractivity contribution in [1.29, 1.82) is 0 Å². The molecule has 0 aliphatic carbocycles. The molecule has 2 rings (SSSR count). The van der Waals surface area contributed by atoms with E-state index in [0.717, 1.165) is 19.8 Å². The van der Waals surface area contributed by atoms with Gasteiger partial charge >= 0.3 is 0 Å². The molecule has 0 spiro atoms. The second-order valence-corrected chi connectivity index (χ2v) is 4.96.